The van der Waals surface area contributed by atoms with Gasteiger partial charge in [-0.25, -0.2) is 0 Å². The molecule has 1 aliphatic heterocycles. The fraction of sp³-hybridized carbons (Fsp3) is 0.588. The van der Waals surface area contributed by atoms with Crippen molar-refractivity contribution in [1.82, 2.24) is 10.2 Å². The number of rotatable bonds is 6. The number of carbonyl (C=O) groups is 1. The highest BCUT2D eigenvalue weighted by Crippen LogP contribution is 2.32. The molecule has 4 heteroatoms. The van der Waals surface area contributed by atoms with E-state index in [1.165, 1.54) is 0 Å². The van der Waals surface area contributed by atoms with Gasteiger partial charge < -0.3 is 15.3 Å². The second-order valence-electron chi connectivity index (χ2n) is 5.85. The van der Waals surface area contributed by atoms with Crippen molar-refractivity contribution >= 4 is 5.91 Å². The zero-order chi connectivity index (χ0) is 15.1. The third-order valence-electron chi connectivity index (χ3n) is 4.48. The topological polar surface area (TPSA) is 52.6 Å². The molecule has 0 aliphatic carbocycles. The summed E-state index contributed by atoms with van der Waals surface area (Å²) in [6.45, 7) is 4.81. The van der Waals surface area contributed by atoms with Gasteiger partial charge in [0.1, 0.15) is 0 Å². The number of nitrogens with zero attached hydrogens (tertiary/aromatic N) is 1. The van der Waals surface area contributed by atoms with Gasteiger partial charge in [-0.2, -0.15) is 0 Å². The zero-order valence-electron chi connectivity index (χ0n) is 12.8. The number of nitrogens with one attached hydrogen (secondary N) is 1. The molecule has 1 amide bonds. The van der Waals surface area contributed by atoms with E-state index in [9.17, 15) is 9.90 Å². The van der Waals surface area contributed by atoms with E-state index in [-0.39, 0.29) is 17.9 Å². The standard InChI is InChI=1S/C17H26N2O2/c1-2-17(9-6-10-18-14-17)16(21)19(11-12-20)13-15-7-4-3-5-8-15/h3-5,7-8,18,20H,2,6,9-14H2,1H3. The van der Waals surface area contributed by atoms with Crippen LogP contribution in [0, 0.1) is 5.41 Å². The Morgan fingerprint density at radius 3 is 2.71 bits per heavy atom. The first-order valence-electron chi connectivity index (χ1n) is 7.87. The summed E-state index contributed by atoms with van der Waals surface area (Å²) in [5.74, 6) is 0.176. The summed E-state index contributed by atoms with van der Waals surface area (Å²) in [5, 5.41) is 12.7. The van der Waals surface area contributed by atoms with E-state index < -0.39 is 0 Å². The average Bonchev–Trinajstić information content (AvgIpc) is 2.55. The lowest BCUT2D eigenvalue weighted by Gasteiger charge is -2.39. The lowest BCUT2D eigenvalue weighted by Crippen LogP contribution is -2.52. The normalized spacial score (nSPS) is 22.0. The number of hydrogen-bond donors (Lipinski definition) is 2. The van der Waals surface area contributed by atoms with Gasteiger partial charge in [0.15, 0.2) is 0 Å². The molecule has 0 bridgehead atoms. The second-order valence-corrected chi connectivity index (χ2v) is 5.85. The van der Waals surface area contributed by atoms with Crippen molar-refractivity contribution in [1.29, 1.82) is 0 Å². The van der Waals surface area contributed by atoms with Crippen LogP contribution < -0.4 is 5.32 Å². The molecule has 1 atom stereocenters. The molecule has 1 aromatic carbocycles. The van der Waals surface area contributed by atoms with Gasteiger partial charge in [0, 0.05) is 19.6 Å². The summed E-state index contributed by atoms with van der Waals surface area (Å²) in [6, 6.07) is 9.98. The molecule has 2 N–H and O–H groups in total. The van der Waals surface area contributed by atoms with Gasteiger partial charge in [0.05, 0.1) is 12.0 Å². The predicted octanol–water partition coefficient (Wildman–Crippen LogP) is 1.79. The smallest absolute Gasteiger partial charge is 0.230 e. The number of aliphatic hydroxyl groups excluding tert-OH is 1. The van der Waals surface area contributed by atoms with Gasteiger partial charge in [0.25, 0.3) is 0 Å². The highest BCUT2D eigenvalue weighted by atomic mass is 16.3. The first kappa shape index (κ1) is 16.0. The summed E-state index contributed by atoms with van der Waals surface area (Å²) in [6.07, 6.45) is 2.82. The van der Waals surface area contributed by atoms with Crippen molar-refractivity contribution in [3.8, 4) is 0 Å². The Morgan fingerprint density at radius 1 is 1.38 bits per heavy atom. The van der Waals surface area contributed by atoms with Crippen molar-refractivity contribution in [2.45, 2.75) is 32.7 Å². The van der Waals surface area contributed by atoms with Crippen molar-refractivity contribution in [3.05, 3.63) is 35.9 Å². The Hall–Kier alpha value is -1.39. The van der Waals surface area contributed by atoms with Crippen LogP contribution in [0.15, 0.2) is 30.3 Å². The monoisotopic (exact) mass is 290 g/mol. The number of piperidine rings is 1. The summed E-state index contributed by atoms with van der Waals surface area (Å²) in [4.78, 5) is 14.8. The lowest BCUT2D eigenvalue weighted by molar-refractivity contribution is -0.144. The van der Waals surface area contributed by atoms with E-state index in [2.05, 4.69) is 12.2 Å². The fourth-order valence-corrected chi connectivity index (χ4v) is 3.12. The van der Waals surface area contributed by atoms with Crippen LogP contribution in [0.1, 0.15) is 31.7 Å². The molecule has 0 saturated carbocycles. The predicted molar refractivity (Wildman–Crippen MR) is 83.8 cm³/mol. The van der Waals surface area contributed by atoms with E-state index in [4.69, 9.17) is 0 Å². The van der Waals surface area contributed by atoms with Crippen LogP contribution in [-0.4, -0.2) is 42.2 Å². The first-order valence-corrected chi connectivity index (χ1v) is 7.87. The van der Waals surface area contributed by atoms with Crippen LogP contribution in [0.25, 0.3) is 0 Å². The molecule has 1 fully saturated rings. The molecular formula is C17H26N2O2. The van der Waals surface area contributed by atoms with Gasteiger partial charge in [-0.05, 0) is 31.4 Å². The Labute approximate surface area is 127 Å². The minimum Gasteiger partial charge on any atom is -0.395 e. The molecule has 1 heterocycles. The van der Waals surface area contributed by atoms with Crippen LogP contribution in [0.4, 0.5) is 0 Å². The maximum atomic E-state index is 13.0. The average molecular weight is 290 g/mol. The van der Waals surface area contributed by atoms with Gasteiger partial charge in [-0.3, -0.25) is 4.79 Å². The molecule has 1 aromatic rings. The number of carbonyl (C=O) groups excluding carboxylic acids is 1. The third kappa shape index (κ3) is 3.83. The van der Waals surface area contributed by atoms with E-state index in [1.54, 1.807) is 0 Å². The molecule has 0 radical (unpaired) electrons. The van der Waals surface area contributed by atoms with E-state index >= 15 is 0 Å². The minimum absolute atomic E-state index is 0.00575. The molecule has 0 spiro atoms. The Bertz CT molecular complexity index is 441. The van der Waals surface area contributed by atoms with Crippen molar-refractivity contribution in [3.63, 3.8) is 0 Å². The van der Waals surface area contributed by atoms with Gasteiger partial charge in [0.2, 0.25) is 5.91 Å². The molecular weight excluding hydrogens is 264 g/mol. The first-order chi connectivity index (χ1) is 10.2. The van der Waals surface area contributed by atoms with E-state index in [1.807, 2.05) is 35.2 Å². The fourth-order valence-electron chi connectivity index (χ4n) is 3.12. The molecule has 1 aliphatic rings. The summed E-state index contributed by atoms with van der Waals surface area (Å²) >= 11 is 0. The van der Waals surface area contributed by atoms with Crippen molar-refractivity contribution in [2.75, 3.05) is 26.2 Å². The van der Waals surface area contributed by atoms with Crippen molar-refractivity contribution in [2.24, 2.45) is 5.41 Å². The summed E-state index contributed by atoms with van der Waals surface area (Å²) in [5.41, 5.74) is 0.802. The number of amides is 1. The number of benzene rings is 1. The van der Waals surface area contributed by atoms with Crippen LogP contribution in [-0.2, 0) is 11.3 Å². The summed E-state index contributed by atoms with van der Waals surface area (Å²) in [7, 11) is 0. The zero-order valence-corrected chi connectivity index (χ0v) is 12.8. The molecule has 1 unspecified atom stereocenters. The van der Waals surface area contributed by atoms with Crippen LogP contribution in [0.2, 0.25) is 0 Å². The van der Waals surface area contributed by atoms with Crippen molar-refractivity contribution < 1.29 is 9.90 Å². The van der Waals surface area contributed by atoms with Crippen LogP contribution >= 0.6 is 0 Å². The molecule has 1 saturated heterocycles. The molecule has 2 rings (SSSR count). The molecule has 21 heavy (non-hydrogen) atoms. The molecule has 0 aromatic heterocycles. The van der Waals surface area contributed by atoms with Gasteiger partial charge in [-0.1, -0.05) is 37.3 Å². The maximum Gasteiger partial charge on any atom is 0.230 e. The highest BCUT2D eigenvalue weighted by molar-refractivity contribution is 5.83. The number of aliphatic hydroxyl groups is 1. The largest absolute Gasteiger partial charge is 0.395 e. The third-order valence-corrected chi connectivity index (χ3v) is 4.48. The Morgan fingerprint density at radius 2 is 2.14 bits per heavy atom. The Balaban J connectivity index is 2.14. The summed E-state index contributed by atoms with van der Waals surface area (Å²) < 4.78 is 0. The SMILES string of the molecule is CCC1(C(=O)N(CCO)Cc2ccccc2)CCCNC1. The Kier molecular flexibility index (Phi) is 5.76. The molecule has 116 valence electrons. The van der Waals surface area contributed by atoms with Crippen LogP contribution in [0.5, 0.6) is 0 Å². The molecule has 4 nitrogen and oxygen atoms in total. The van der Waals surface area contributed by atoms with E-state index in [0.29, 0.717) is 13.1 Å². The lowest BCUT2D eigenvalue weighted by atomic mass is 9.77. The van der Waals surface area contributed by atoms with E-state index in [0.717, 1.165) is 37.9 Å². The maximum absolute atomic E-state index is 13.0. The second kappa shape index (κ2) is 7.57. The number of hydrogen-bond acceptors (Lipinski definition) is 3. The highest BCUT2D eigenvalue weighted by Gasteiger charge is 2.40. The quantitative estimate of drug-likeness (QED) is 0.840. The van der Waals surface area contributed by atoms with Crippen LogP contribution in [0.3, 0.4) is 0 Å². The van der Waals surface area contributed by atoms with Gasteiger partial charge in [-0.15, -0.1) is 0 Å². The van der Waals surface area contributed by atoms with Gasteiger partial charge >= 0.3 is 0 Å². The minimum atomic E-state index is -0.303.